The lowest BCUT2D eigenvalue weighted by atomic mass is 9.99. The Morgan fingerprint density at radius 3 is 2.85 bits per heavy atom. The quantitative estimate of drug-likeness (QED) is 0.852. The highest BCUT2D eigenvalue weighted by molar-refractivity contribution is 9.10. The highest BCUT2D eigenvalue weighted by Crippen LogP contribution is 2.26. The molecule has 0 radical (unpaired) electrons. The molecule has 1 aromatic carbocycles. The number of aromatic nitrogens is 1. The van der Waals surface area contributed by atoms with E-state index in [-0.39, 0.29) is 11.9 Å². The molecular formula is C16H18BrFN2. The van der Waals surface area contributed by atoms with Gasteiger partial charge in [0.25, 0.3) is 0 Å². The molecule has 2 rings (SSSR count). The maximum Gasteiger partial charge on any atom is 0.142 e. The van der Waals surface area contributed by atoms with Crippen molar-refractivity contribution >= 4 is 15.9 Å². The molecule has 0 bridgehead atoms. The molecule has 1 atom stereocenters. The third-order valence-corrected chi connectivity index (χ3v) is 3.86. The van der Waals surface area contributed by atoms with Crippen molar-refractivity contribution in [2.75, 3.05) is 6.54 Å². The summed E-state index contributed by atoms with van der Waals surface area (Å²) in [5.74, 6) is -0.176. The Balaban J connectivity index is 2.12. The van der Waals surface area contributed by atoms with Crippen molar-refractivity contribution in [1.29, 1.82) is 0 Å². The molecule has 0 aliphatic heterocycles. The van der Waals surface area contributed by atoms with E-state index in [9.17, 15) is 4.39 Å². The number of rotatable bonds is 6. The van der Waals surface area contributed by atoms with Crippen molar-refractivity contribution in [3.8, 4) is 0 Å². The van der Waals surface area contributed by atoms with Gasteiger partial charge in [0.05, 0.1) is 4.47 Å². The van der Waals surface area contributed by atoms with Gasteiger partial charge in [-0.3, -0.25) is 4.98 Å². The van der Waals surface area contributed by atoms with E-state index in [0.717, 1.165) is 19.4 Å². The number of nitrogens with one attached hydrogen (secondary N) is 1. The molecule has 2 aromatic rings. The highest BCUT2D eigenvalue weighted by Gasteiger charge is 2.16. The lowest BCUT2D eigenvalue weighted by Gasteiger charge is -2.19. The van der Waals surface area contributed by atoms with E-state index in [1.165, 1.54) is 5.56 Å². The first-order chi connectivity index (χ1) is 9.72. The second-order valence-electron chi connectivity index (χ2n) is 4.65. The van der Waals surface area contributed by atoms with E-state index in [2.05, 4.69) is 26.2 Å². The lowest BCUT2D eigenvalue weighted by Crippen LogP contribution is -2.22. The van der Waals surface area contributed by atoms with Gasteiger partial charge in [-0.2, -0.15) is 0 Å². The van der Waals surface area contributed by atoms with Gasteiger partial charge in [0.15, 0.2) is 0 Å². The molecule has 1 N–H and O–H groups in total. The summed E-state index contributed by atoms with van der Waals surface area (Å²) in [5.41, 5.74) is 1.89. The van der Waals surface area contributed by atoms with Gasteiger partial charge in [-0.25, -0.2) is 4.39 Å². The van der Waals surface area contributed by atoms with Crippen LogP contribution in [0.5, 0.6) is 0 Å². The van der Waals surface area contributed by atoms with Crippen molar-refractivity contribution in [3.63, 3.8) is 0 Å². The minimum Gasteiger partial charge on any atom is -0.310 e. The lowest BCUT2D eigenvalue weighted by molar-refractivity contribution is 0.483. The van der Waals surface area contributed by atoms with Crippen molar-refractivity contribution in [2.24, 2.45) is 0 Å². The second-order valence-corrected chi connectivity index (χ2v) is 5.51. The van der Waals surface area contributed by atoms with Gasteiger partial charge in [0, 0.05) is 24.0 Å². The van der Waals surface area contributed by atoms with Crippen molar-refractivity contribution < 1.29 is 4.39 Å². The number of benzene rings is 1. The van der Waals surface area contributed by atoms with Crippen molar-refractivity contribution in [1.82, 2.24) is 10.3 Å². The normalized spacial score (nSPS) is 12.3. The fraction of sp³-hybridized carbons (Fsp3) is 0.312. The zero-order chi connectivity index (χ0) is 14.4. The van der Waals surface area contributed by atoms with Crippen LogP contribution >= 0.6 is 15.9 Å². The maximum atomic E-state index is 14.2. The number of hydrogen-bond donors (Lipinski definition) is 1. The molecule has 1 aromatic heterocycles. The first-order valence-corrected chi connectivity index (χ1v) is 7.58. The minimum absolute atomic E-state index is 0.0118. The van der Waals surface area contributed by atoms with Crippen LogP contribution in [0.1, 0.15) is 30.5 Å². The van der Waals surface area contributed by atoms with Gasteiger partial charge < -0.3 is 5.32 Å². The first kappa shape index (κ1) is 15.1. The van der Waals surface area contributed by atoms with E-state index in [1.807, 2.05) is 37.4 Å². The molecule has 0 aliphatic carbocycles. The maximum absolute atomic E-state index is 14.2. The van der Waals surface area contributed by atoms with E-state index >= 15 is 0 Å². The molecule has 0 spiro atoms. The van der Waals surface area contributed by atoms with Crippen LogP contribution in [0, 0.1) is 5.82 Å². The molecule has 0 amide bonds. The molecule has 0 saturated carbocycles. The molecule has 0 aliphatic rings. The summed E-state index contributed by atoms with van der Waals surface area (Å²) < 4.78 is 14.7. The zero-order valence-electron chi connectivity index (χ0n) is 11.4. The second kappa shape index (κ2) is 7.50. The Labute approximate surface area is 127 Å². The standard InChI is InChI=1S/C16H18BrFN2/c1-2-20-15(9-8-12-5-4-10-19-11-12)13-6-3-7-14(17)16(13)18/h3-7,10-11,15,20H,2,8-9H2,1H3. The summed E-state index contributed by atoms with van der Waals surface area (Å²) in [6.45, 7) is 2.84. The fourth-order valence-corrected chi connectivity index (χ4v) is 2.64. The summed E-state index contributed by atoms with van der Waals surface area (Å²) in [7, 11) is 0. The van der Waals surface area contributed by atoms with Gasteiger partial charge in [-0.1, -0.05) is 25.1 Å². The average molecular weight is 337 g/mol. The van der Waals surface area contributed by atoms with E-state index in [4.69, 9.17) is 0 Å². The molecule has 4 heteroatoms. The molecular weight excluding hydrogens is 319 g/mol. The SMILES string of the molecule is CCNC(CCc1cccnc1)c1cccc(Br)c1F. The number of nitrogens with zero attached hydrogens (tertiary/aromatic N) is 1. The van der Waals surface area contributed by atoms with Crippen LogP contribution in [-0.2, 0) is 6.42 Å². The molecule has 1 unspecified atom stereocenters. The summed E-state index contributed by atoms with van der Waals surface area (Å²) in [6.07, 6.45) is 5.34. The Kier molecular flexibility index (Phi) is 5.68. The smallest absolute Gasteiger partial charge is 0.142 e. The molecule has 0 saturated heterocycles. The van der Waals surface area contributed by atoms with Crippen LogP contribution in [0.3, 0.4) is 0 Å². The van der Waals surface area contributed by atoms with Gasteiger partial charge in [-0.05, 0) is 53.0 Å². The minimum atomic E-state index is -0.176. The van der Waals surface area contributed by atoms with Gasteiger partial charge in [0.1, 0.15) is 5.82 Å². The number of pyridine rings is 1. The Morgan fingerprint density at radius 2 is 2.15 bits per heavy atom. The Hall–Kier alpha value is -1.26. The zero-order valence-corrected chi connectivity index (χ0v) is 13.0. The Bertz CT molecular complexity index is 545. The van der Waals surface area contributed by atoms with Gasteiger partial charge >= 0.3 is 0 Å². The van der Waals surface area contributed by atoms with Crippen molar-refractivity contribution in [2.45, 2.75) is 25.8 Å². The summed E-state index contributed by atoms with van der Waals surface area (Å²) in [4.78, 5) is 4.11. The summed E-state index contributed by atoms with van der Waals surface area (Å²) in [5, 5.41) is 3.36. The molecule has 20 heavy (non-hydrogen) atoms. The molecule has 0 fully saturated rings. The van der Waals surface area contributed by atoms with Crippen LogP contribution in [0.2, 0.25) is 0 Å². The van der Waals surface area contributed by atoms with E-state index in [0.29, 0.717) is 10.0 Å². The Morgan fingerprint density at radius 1 is 1.30 bits per heavy atom. The number of aryl methyl sites for hydroxylation is 1. The van der Waals surface area contributed by atoms with Gasteiger partial charge in [-0.15, -0.1) is 0 Å². The summed E-state index contributed by atoms with van der Waals surface area (Å²) >= 11 is 3.25. The summed E-state index contributed by atoms with van der Waals surface area (Å²) in [6, 6.07) is 9.43. The van der Waals surface area contributed by atoms with Crippen LogP contribution < -0.4 is 5.32 Å². The fourth-order valence-electron chi connectivity index (χ4n) is 2.26. The topological polar surface area (TPSA) is 24.9 Å². The predicted molar refractivity (Wildman–Crippen MR) is 83.1 cm³/mol. The number of halogens is 2. The third kappa shape index (κ3) is 3.87. The highest BCUT2D eigenvalue weighted by atomic mass is 79.9. The van der Waals surface area contributed by atoms with Crippen LogP contribution in [0.25, 0.3) is 0 Å². The third-order valence-electron chi connectivity index (χ3n) is 3.25. The number of hydrogen-bond acceptors (Lipinski definition) is 2. The van der Waals surface area contributed by atoms with Crippen LogP contribution in [0.15, 0.2) is 47.2 Å². The van der Waals surface area contributed by atoms with Crippen LogP contribution in [0.4, 0.5) is 4.39 Å². The van der Waals surface area contributed by atoms with E-state index < -0.39 is 0 Å². The van der Waals surface area contributed by atoms with Crippen molar-refractivity contribution in [3.05, 3.63) is 64.1 Å². The molecule has 106 valence electrons. The predicted octanol–water partition coefficient (Wildman–Crippen LogP) is 4.27. The molecule has 1 heterocycles. The monoisotopic (exact) mass is 336 g/mol. The van der Waals surface area contributed by atoms with Crippen LogP contribution in [-0.4, -0.2) is 11.5 Å². The largest absolute Gasteiger partial charge is 0.310 e. The molecule has 2 nitrogen and oxygen atoms in total. The average Bonchev–Trinajstić information content (AvgIpc) is 2.48. The van der Waals surface area contributed by atoms with Gasteiger partial charge in [0.2, 0.25) is 0 Å². The van der Waals surface area contributed by atoms with E-state index in [1.54, 1.807) is 12.3 Å². The first-order valence-electron chi connectivity index (χ1n) is 6.78.